The molecule has 0 saturated carbocycles. The number of rotatable bonds is 2. The Kier molecular flexibility index (Phi) is 3.35. The van der Waals surface area contributed by atoms with E-state index in [0.29, 0.717) is 5.75 Å². The molecule has 1 fully saturated rings. The maximum Gasteiger partial charge on any atom is 0.205 e. The van der Waals surface area contributed by atoms with E-state index in [1.807, 2.05) is 24.3 Å². The predicted octanol–water partition coefficient (Wildman–Crippen LogP) is 0.920. The molecule has 0 amide bonds. The number of piperazine rings is 1. The molecule has 1 aromatic carbocycles. The molecule has 1 N–H and O–H groups in total. The topological polar surface area (TPSA) is 74.1 Å². The first-order chi connectivity index (χ1) is 9.83. The third-order valence-corrected chi connectivity index (χ3v) is 3.49. The summed E-state index contributed by atoms with van der Waals surface area (Å²) in [5, 5.41) is 21.2. The van der Waals surface area contributed by atoms with Crippen molar-refractivity contribution < 1.29 is 4.74 Å². The minimum absolute atomic E-state index is 0.220. The normalized spacial score (nSPS) is 15.1. The van der Waals surface area contributed by atoms with Crippen LogP contribution in [0.1, 0.15) is 5.69 Å². The Labute approximate surface area is 117 Å². The van der Waals surface area contributed by atoms with Crippen molar-refractivity contribution in [3.63, 3.8) is 0 Å². The second-order valence-corrected chi connectivity index (χ2v) is 4.63. The Morgan fingerprint density at radius 1 is 1.30 bits per heavy atom. The molecule has 20 heavy (non-hydrogen) atoms. The fourth-order valence-electron chi connectivity index (χ4n) is 2.47. The highest BCUT2D eigenvalue weighted by molar-refractivity contribution is 5.89. The van der Waals surface area contributed by atoms with Gasteiger partial charge in [0, 0.05) is 37.3 Å². The first-order valence-corrected chi connectivity index (χ1v) is 6.53. The van der Waals surface area contributed by atoms with Crippen LogP contribution >= 0.6 is 0 Å². The number of methoxy groups -OCH3 is 1. The van der Waals surface area contributed by atoms with Crippen LogP contribution in [0.4, 0.5) is 5.69 Å². The van der Waals surface area contributed by atoms with E-state index in [1.54, 1.807) is 7.11 Å². The molecular formula is C14H15N5O. The molecule has 1 aromatic heterocycles. The molecule has 6 heteroatoms. The van der Waals surface area contributed by atoms with Crippen LogP contribution in [0.3, 0.4) is 0 Å². The van der Waals surface area contributed by atoms with Gasteiger partial charge in [-0.05, 0) is 18.2 Å². The monoisotopic (exact) mass is 269 g/mol. The molecule has 0 atom stereocenters. The Balaban J connectivity index is 2.11. The summed E-state index contributed by atoms with van der Waals surface area (Å²) in [4.78, 5) is 2.31. The Bertz CT molecular complexity index is 673. The Hall–Kier alpha value is -2.39. The molecule has 102 valence electrons. The summed E-state index contributed by atoms with van der Waals surface area (Å²) in [7, 11) is 1.55. The first kappa shape index (κ1) is 12.6. The van der Waals surface area contributed by atoms with E-state index in [4.69, 9.17) is 10.00 Å². The summed E-state index contributed by atoms with van der Waals surface area (Å²) < 4.78 is 5.34. The van der Waals surface area contributed by atoms with Gasteiger partial charge < -0.3 is 15.0 Å². The molecule has 2 aromatic rings. The lowest BCUT2D eigenvalue weighted by Crippen LogP contribution is -2.43. The van der Waals surface area contributed by atoms with E-state index in [-0.39, 0.29) is 5.69 Å². The largest absolute Gasteiger partial charge is 0.493 e. The highest BCUT2D eigenvalue weighted by Gasteiger charge is 2.15. The molecule has 1 aliphatic heterocycles. The summed E-state index contributed by atoms with van der Waals surface area (Å²) in [5.74, 6) is 0.495. The molecule has 0 aliphatic carbocycles. The number of nitriles is 1. The number of benzene rings is 1. The third kappa shape index (κ3) is 2.12. The van der Waals surface area contributed by atoms with E-state index < -0.39 is 0 Å². The van der Waals surface area contributed by atoms with Crippen LogP contribution in [0.25, 0.3) is 10.9 Å². The zero-order valence-corrected chi connectivity index (χ0v) is 11.3. The van der Waals surface area contributed by atoms with Crippen molar-refractivity contribution in [3.05, 3.63) is 23.9 Å². The number of nitrogens with one attached hydrogen (secondary N) is 1. The lowest BCUT2D eigenvalue weighted by Gasteiger charge is -2.29. The molecular weight excluding hydrogens is 254 g/mol. The van der Waals surface area contributed by atoms with Crippen molar-refractivity contribution in [2.75, 3.05) is 38.2 Å². The number of anilines is 1. The molecule has 2 heterocycles. The van der Waals surface area contributed by atoms with Gasteiger partial charge in [-0.25, -0.2) is 0 Å². The lowest BCUT2D eigenvalue weighted by atomic mass is 10.1. The van der Waals surface area contributed by atoms with Crippen molar-refractivity contribution in [2.24, 2.45) is 0 Å². The maximum atomic E-state index is 9.08. The second kappa shape index (κ2) is 5.31. The number of aromatic nitrogens is 2. The Morgan fingerprint density at radius 2 is 2.10 bits per heavy atom. The van der Waals surface area contributed by atoms with Gasteiger partial charge in [-0.2, -0.15) is 5.26 Å². The molecule has 0 spiro atoms. The molecule has 0 bridgehead atoms. The highest BCUT2D eigenvalue weighted by Crippen LogP contribution is 2.30. The zero-order valence-electron chi connectivity index (χ0n) is 11.3. The summed E-state index contributed by atoms with van der Waals surface area (Å²) in [5.41, 5.74) is 2.08. The molecule has 0 unspecified atom stereocenters. The summed E-state index contributed by atoms with van der Waals surface area (Å²) in [6.07, 6.45) is 0. The van der Waals surface area contributed by atoms with Gasteiger partial charge in [-0.1, -0.05) is 0 Å². The number of ether oxygens (including phenoxy) is 1. The van der Waals surface area contributed by atoms with Gasteiger partial charge in [0.05, 0.1) is 12.6 Å². The van der Waals surface area contributed by atoms with Crippen molar-refractivity contribution in [3.8, 4) is 11.8 Å². The minimum atomic E-state index is 0.220. The molecule has 6 nitrogen and oxygen atoms in total. The van der Waals surface area contributed by atoms with Gasteiger partial charge in [0.1, 0.15) is 6.07 Å². The average molecular weight is 269 g/mol. The highest BCUT2D eigenvalue weighted by atomic mass is 16.5. The van der Waals surface area contributed by atoms with E-state index >= 15 is 0 Å². The zero-order chi connectivity index (χ0) is 13.9. The van der Waals surface area contributed by atoms with Crippen LogP contribution in [0.15, 0.2) is 18.2 Å². The summed E-state index contributed by atoms with van der Waals surface area (Å²) in [6, 6.07) is 7.99. The third-order valence-electron chi connectivity index (χ3n) is 3.49. The van der Waals surface area contributed by atoms with E-state index in [9.17, 15) is 0 Å². The Morgan fingerprint density at radius 3 is 2.80 bits per heavy atom. The fraction of sp³-hybridized carbons (Fsp3) is 0.357. The summed E-state index contributed by atoms with van der Waals surface area (Å²) in [6.45, 7) is 3.90. The van der Waals surface area contributed by atoms with Gasteiger partial charge in [0.15, 0.2) is 5.75 Å². The second-order valence-electron chi connectivity index (χ2n) is 4.63. The van der Waals surface area contributed by atoms with Crippen LogP contribution < -0.4 is 15.0 Å². The molecule has 1 saturated heterocycles. The van der Waals surface area contributed by atoms with Crippen LogP contribution in [0.2, 0.25) is 0 Å². The van der Waals surface area contributed by atoms with Crippen LogP contribution in [0.5, 0.6) is 5.75 Å². The van der Waals surface area contributed by atoms with Crippen molar-refractivity contribution >= 4 is 16.6 Å². The van der Waals surface area contributed by atoms with Crippen molar-refractivity contribution in [1.82, 2.24) is 15.5 Å². The maximum absolute atomic E-state index is 9.08. The lowest BCUT2D eigenvalue weighted by molar-refractivity contribution is 0.415. The fourth-order valence-corrected chi connectivity index (χ4v) is 2.47. The standard InChI is InChI=1S/C14H15N5O/c1-20-14-11-8-10(19-6-4-16-5-7-19)2-3-12(11)17-18-13(14)9-15/h2-3,8,16H,4-7H2,1H3. The van der Waals surface area contributed by atoms with Crippen LogP contribution in [-0.2, 0) is 0 Å². The van der Waals surface area contributed by atoms with Gasteiger partial charge in [-0.3, -0.25) is 0 Å². The molecule has 0 radical (unpaired) electrons. The minimum Gasteiger partial charge on any atom is -0.493 e. The quantitative estimate of drug-likeness (QED) is 0.874. The van der Waals surface area contributed by atoms with Gasteiger partial charge in [0.2, 0.25) is 5.69 Å². The van der Waals surface area contributed by atoms with Crippen molar-refractivity contribution in [1.29, 1.82) is 5.26 Å². The van der Waals surface area contributed by atoms with E-state index in [0.717, 1.165) is 42.8 Å². The predicted molar refractivity (Wildman–Crippen MR) is 75.9 cm³/mol. The van der Waals surface area contributed by atoms with Crippen molar-refractivity contribution in [2.45, 2.75) is 0 Å². The van der Waals surface area contributed by atoms with Gasteiger partial charge in [0.25, 0.3) is 0 Å². The summed E-state index contributed by atoms with van der Waals surface area (Å²) >= 11 is 0. The molecule has 1 aliphatic rings. The molecule has 3 rings (SSSR count). The SMILES string of the molecule is COc1c(C#N)nnc2ccc(N3CCNCC3)cc12. The number of nitrogens with zero attached hydrogens (tertiary/aromatic N) is 4. The average Bonchev–Trinajstić information content (AvgIpc) is 2.54. The number of fused-ring (bicyclic) bond motifs is 1. The van der Waals surface area contributed by atoms with Crippen LogP contribution in [0, 0.1) is 11.3 Å². The van der Waals surface area contributed by atoms with Gasteiger partial charge in [-0.15, -0.1) is 10.2 Å². The number of hydrogen-bond acceptors (Lipinski definition) is 6. The van der Waals surface area contributed by atoms with E-state index in [2.05, 4.69) is 20.4 Å². The first-order valence-electron chi connectivity index (χ1n) is 6.53. The van der Waals surface area contributed by atoms with E-state index in [1.165, 1.54) is 0 Å². The number of hydrogen-bond donors (Lipinski definition) is 1. The van der Waals surface area contributed by atoms with Gasteiger partial charge >= 0.3 is 0 Å². The smallest absolute Gasteiger partial charge is 0.205 e. The van der Waals surface area contributed by atoms with Crippen LogP contribution in [-0.4, -0.2) is 43.5 Å².